The average Bonchev–Trinajstić information content (AvgIpc) is 2.72. The van der Waals surface area contributed by atoms with Gasteiger partial charge in [0, 0.05) is 39.9 Å². The molecule has 2 heterocycles. The molecule has 2 aliphatic heterocycles. The maximum atomic E-state index is 6.33. The highest BCUT2D eigenvalue weighted by Crippen LogP contribution is 2.38. The van der Waals surface area contributed by atoms with Crippen molar-refractivity contribution < 1.29 is 14.2 Å². The van der Waals surface area contributed by atoms with Gasteiger partial charge in [-0.05, 0) is 56.2 Å². The Labute approximate surface area is 173 Å². The Bertz CT molecular complexity index is 663. The number of nitrogens with one attached hydrogen (secondary N) is 1. The molecule has 1 fully saturated rings. The van der Waals surface area contributed by atoms with Gasteiger partial charge in [0.15, 0.2) is 17.5 Å². The Morgan fingerprint density at radius 3 is 2.79 bits per heavy atom. The molecule has 28 heavy (non-hydrogen) atoms. The Kier molecular flexibility index (Phi) is 8.10. The molecule has 0 atom stereocenters. The standard InChI is InChI=1S/C21H32ClN3O3/c1-3-23-21(25(2)9-5-16-6-10-26-11-7-16)24-8-4-17-14-18(22)20-19(15-17)27-12-13-28-20/h14-16H,3-13H2,1-2H3,(H,23,24). The van der Waals surface area contributed by atoms with Crippen molar-refractivity contribution in [2.75, 3.05) is 53.1 Å². The van der Waals surface area contributed by atoms with Crippen LogP contribution in [0.3, 0.4) is 0 Å². The third-order valence-electron chi connectivity index (χ3n) is 5.23. The van der Waals surface area contributed by atoms with Crippen LogP contribution in [-0.4, -0.2) is 64.0 Å². The lowest BCUT2D eigenvalue weighted by Crippen LogP contribution is -2.40. The van der Waals surface area contributed by atoms with Crippen LogP contribution in [0.15, 0.2) is 17.1 Å². The van der Waals surface area contributed by atoms with Crippen LogP contribution in [0.2, 0.25) is 5.02 Å². The molecule has 0 aliphatic carbocycles. The molecule has 7 heteroatoms. The molecular weight excluding hydrogens is 378 g/mol. The molecule has 0 saturated carbocycles. The summed E-state index contributed by atoms with van der Waals surface area (Å²) in [6, 6.07) is 3.96. The zero-order valence-corrected chi connectivity index (χ0v) is 17.8. The number of ether oxygens (including phenoxy) is 3. The summed E-state index contributed by atoms with van der Waals surface area (Å²) in [6.45, 7) is 7.57. The number of guanidine groups is 1. The van der Waals surface area contributed by atoms with E-state index >= 15 is 0 Å². The van der Waals surface area contributed by atoms with E-state index in [0.717, 1.165) is 55.9 Å². The normalized spacial score (nSPS) is 17.5. The highest BCUT2D eigenvalue weighted by molar-refractivity contribution is 6.32. The monoisotopic (exact) mass is 409 g/mol. The average molecular weight is 410 g/mol. The minimum Gasteiger partial charge on any atom is -0.486 e. The van der Waals surface area contributed by atoms with Crippen LogP contribution in [0.1, 0.15) is 31.7 Å². The van der Waals surface area contributed by atoms with Gasteiger partial charge in [-0.3, -0.25) is 4.99 Å². The number of hydrogen-bond donors (Lipinski definition) is 1. The molecule has 0 radical (unpaired) electrons. The number of benzene rings is 1. The van der Waals surface area contributed by atoms with Crippen LogP contribution in [-0.2, 0) is 11.2 Å². The lowest BCUT2D eigenvalue weighted by molar-refractivity contribution is 0.0625. The third kappa shape index (κ3) is 5.92. The fourth-order valence-corrected chi connectivity index (χ4v) is 3.87. The lowest BCUT2D eigenvalue weighted by atomic mass is 9.96. The SMILES string of the molecule is CCNC(=NCCc1cc(Cl)c2c(c1)OCCO2)N(C)CCC1CCOCC1. The van der Waals surface area contributed by atoms with Crippen molar-refractivity contribution in [2.24, 2.45) is 10.9 Å². The number of rotatable bonds is 7. The van der Waals surface area contributed by atoms with Crippen molar-refractivity contribution in [1.29, 1.82) is 0 Å². The van der Waals surface area contributed by atoms with Gasteiger partial charge in [0.1, 0.15) is 13.2 Å². The van der Waals surface area contributed by atoms with Crippen molar-refractivity contribution in [1.82, 2.24) is 10.2 Å². The Morgan fingerprint density at radius 2 is 2.00 bits per heavy atom. The molecule has 1 aromatic rings. The van der Waals surface area contributed by atoms with E-state index in [4.69, 9.17) is 30.8 Å². The largest absolute Gasteiger partial charge is 0.486 e. The smallest absolute Gasteiger partial charge is 0.193 e. The molecular formula is C21H32ClN3O3. The first-order valence-electron chi connectivity index (χ1n) is 10.3. The van der Waals surface area contributed by atoms with Gasteiger partial charge in [-0.2, -0.15) is 0 Å². The second-order valence-corrected chi connectivity index (χ2v) is 7.76. The van der Waals surface area contributed by atoms with Crippen molar-refractivity contribution in [3.8, 4) is 11.5 Å². The molecule has 1 saturated heterocycles. The van der Waals surface area contributed by atoms with Gasteiger partial charge in [-0.1, -0.05) is 11.6 Å². The quantitative estimate of drug-likeness (QED) is 0.552. The molecule has 0 bridgehead atoms. The lowest BCUT2D eigenvalue weighted by Gasteiger charge is -2.27. The maximum absolute atomic E-state index is 6.33. The van der Waals surface area contributed by atoms with Crippen LogP contribution in [0, 0.1) is 5.92 Å². The summed E-state index contributed by atoms with van der Waals surface area (Å²) < 4.78 is 16.7. The van der Waals surface area contributed by atoms with Gasteiger partial charge >= 0.3 is 0 Å². The zero-order valence-electron chi connectivity index (χ0n) is 17.0. The topological polar surface area (TPSA) is 55.3 Å². The molecule has 1 N–H and O–H groups in total. The van der Waals surface area contributed by atoms with E-state index < -0.39 is 0 Å². The summed E-state index contributed by atoms with van der Waals surface area (Å²) in [6.07, 6.45) is 4.33. The van der Waals surface area contributed by atoms with E-state index in [-0.39, 0.29) is 0 Å². The van der Waals surface area contributed by atoms with Gasteiger partial charge in [0.05, 0.1) is 5.02 Å². The molecule has 0 unspecified atom stereocenters. The van der Waals surface area contributed by atoms with Crippen LogP contribution in [0.4, 0.5) is 0 Å². The van der Waals surface area contributed by atoms with Gasteiger partial charge < -0.3 is 24.4 Å². The first kappa shape index (κ1) is 21.1. The third-order valence-corrected chi connectivity index (χ3v) is 5.51. The number of fused-ring (bicyclic) bond motifs is 1. The van der Waals surface area contributed by atoms with E-state index in [9.17, 15) is 0 Å². The molecule has 2 aliphatic rings. The fourth-order valence-electron chi connectivity index (χ4n) is 3.59. The van der Waals surface area contributed by atoms with Crippen molar-refractivity contribution >= 4 is 17.6 Å². The second-order valence-electron chi connectivity index (χ2n) is 7.35. The van der Waals surface area contributed by atoms with E-state index in [2.05, 4.69) is 24.2 Å². The first-order valence-corrected chi connectivity index (χ1v) is 10.7. The van der Waals surface area contributed by atoms with Gasteiger partial charge in [0.2, 0.25) is 0 Å². The summed E-state index contributed by atoms with van der Waals surface area (Å²) in [5, 5.41) is 4.01. The highest BCUT2D eigenvalue weighted by atomic mass is 35.5. The van der Waals surface area contributed by atoms with Crippen molar-refractivity contribution in [3.63, 3.8) is 0 Å². The predicted molar refractivity (Wildman–Crippen MR) is 113 cm³/mol. The van der Waals surface area contributed by atoms with Crippen LogP contribution in [0.25, 0.3) is 0 Å². The number of aliphatic imine (C=N–C) groups is 1. The van der Waals surface area contributed by atoms with Crippen LogP contribution >= 0.6 is 11.6 Å². The maximum Gasteiger partial charge on any atom is 0.193 e. The number of hydrogen-bond acceptors (Lipinski definition) is 4. The van der Waals surface area contributed by atoms with Gasteiger partial charge in [-0.15, -0.1) is 0 Å². The molecule has 1 aromatic carbocycles. The molecule has 3 rings (SSSR count). The van der Waals surface area contributed by atoms with Crippen molar-refractivity contribution in [2.45, 2.75) is 32.6 Å². The van der Waals surface area contributed by atoms with Crippen molar-refractivity contribution in [3.05, 3.63) is 22.7 Å². The van der Waals surface area contributed by atoms with Crippen LogP contribution in [0.5, 0.6) is 11.5 Å². The molecule has 0 amide bonds. The zero-order chi connectivity index (χ0) is 19.8. The number of nitrogens with zero attached hydrogens (tertiary/aromatic N) is 2. The minimum atomic E-state index is 0.544. The minimum absolute atomic E-state index is 0.544. The predicted octanol–water partition coefficient (Wildman–Crippen LogP) is 3.37. The Hall–Kier alpha value is -1.66. The highest BCUT2D eigenvalue weighted by Gasteiger charge is 2.17. The Balaban J connectivity index is 1.54. The van der Waals surface area contributed by atoms with E-state index in [1.54, 1.807) is 0 Å². The molecule has 6 nitrogen and oxygen atoms in total. The van der Waals surface area contributed by atoms with Gasteiger partial charge in [-0.25, -0.2) is 0 Å². The van der Waals surface area contributed by atoms with Gasteiger partial charge in [0.25, 0.3) is 0 Å². The van der Waals surface area contributed by atoms with E-state index in [0.29, 0.717) is 30.5 Å². The fraction of sp³-hybridized carbons (Fsp3) is 0.667. The first-order chi connectivity index (χ1) is 13.7. The summed E-state index contributed by atoms with van der Waals surface area (Å²) in [5.41, 5.74) is 1.11. The van der Waals surface area contributed by atoms with Crippen LogP contribution < -0.4 is 14.8 Å². The van der Waals surface area contributed by atoms with E-state index in [1.807, 2.05) is 12.1 Å². The number of halogens is 1. The summed E-state index contributed by atoms with van der Waals surface area (Å²) in [5.74, 6) is 3.11. The van der Waals surface area contributed by atoms with E-state index in [1.165, 1.54) is 19.3 Å². The molecule has 156 valence electrons. The summed E-state index contributed by atoms with van der Waals surface area (Å²) >= 11 is 6.33. The molecule has 0 spiro atoms. The molecule has 0 aromatic heterocycles. The summed E-state index contributed by atoms with van der Waals surface area (Å²) in [7, 11) is 2.11. The summed E-state index contributed by atoms with van der Waals surface area (Å²) in [4.78, 5) is 7.04. The Morgan fingerprint density at radius 1 is 1.21 bits per heavy atom. The second kappa shape index (κ2) is 10.8.